The predicted octanol–water partition coefficient (Wildman–Crippen LogP) is 3.28. The van der Waals surface area contributed by atoms with Crippen molar-refractivity contribution in [2.75, 3.05) is 5.32 Å². The van der Waals surface area contributed by atoms with Crippen LogP contribution in [0.3, 0.4) is 0 Å². The van der Waals surface area contributed by atoms with Gasteiger partial charge in [0.15, 0.2) is 0 Å². The first kappa shape index (κ1) is 18.1. The highest BCUT2D eigenvalue weighted by Crippen LogP contribution is 2.18. The normalized spacial score (nSPS) is 10.3. The molecule has 2 aromatic carbocycles. The zero-order valence-corrected chi connectivity index (χ0v) is 14.8. The van der Waals surface area contributed by atoms with E-state index in [1.54, 1.807) is 60.9 Å². The first-order valence-electron chi connectivity index (χ1n) is 8.41. The number of nitrogens with one attached hydrogen (secondary N) is 2. The zero-order chi connectivity index (χ0) is 19.2. The number of amides is 2. The van der Waals surface area contributed by atoms with Crippen LogP contribution in [-0.4, -0.2) is 21.9 Å². The minimum atomic E-state index is -0.362. The minimum absolute atomic E-state index is 0.0501. The quantitative estimate of drug-likeness (QED) is 0.650. The van der Waals surface area contributed by atoms with Gasteiger partial charge in [0.05, 0.1) is 5.56 Å². The fraction of sp³-hybridized carbons (Fsp3) is 0.0952. The van der Waals surface area contributed by atoms with Gasteiger partial charge in [0, 0.05) is 30.2 Å². The number of carbonyl (C=O) groups excluding carboxylic acids is 2. The molecule has 0 unspecified atom stereocenters. The summed E-state index contributed by atoms with van der Waals surface area (Å²) in [6, 6.07) is 15.4. The Morgan fingerprint density at radius 1 is 1.00 bits per heavy atom. The molecule has 0 fully saturated rings. The van der Waals surface area contributed by atoms with E-state index in [4.69, 9.17) is 0 Å². The second-order valence-electron chi connectivity index (χ2n) is 6.09. The van der Waals surface area contributed by atoms with E-state index in [0.717, 1.165) is 11.1 Å². The topological polar surface area (TPSA) is 91.3 Å². The van der Waals surface area contributed by atoms with Gasteiger partial charge in [-0.05, 0) is 54.4 Å². The number of pyridine rings is 1. The molecule has 0 atom stereocenters. The molecule has 27 heavy (non-hydrogen) atoms. The number of phenols is 1. The molecule has 6 nitrogen and oxygen atoms in total. The molecule has 136 valence electrons. The van der Waals surface area contributed by atoms with Crippen LogP contribution in [-0.2, 0) is 6.54 Å². The van der Waals surface area contributed by atoms with Crippen LogP contribution in [0, 0.1) is 6.92 Å². The first-order chi connectivity index (χ1) is 13.0. The Bertz CT molecular complexity index is 971. The molecule has 1 heterocycles. The molecule has 0 saturated heterocycles. The average molecular weight is 361 g/mol. The van der Waals surface area contributed by atoms with Gasteiger partial charge >= 0.3 is 0 Å². The van der Waals surface area contributed by atoms with E-state index in [9.17, 15) is 14.7 Å². The first-order valence-corrected chi connectivity index (χ1v) is 8.41. The number of hydrogen-bond donors (Lipinski definition) is 3. The fourth-order valence-corrected chi connectivity index (χ4v) is 2.58. The van der Waals surface area contributed by atoms with Crippen molar-refractivity contribution in [1.82, 2.24) is 10.3 Å². The van der Waals surface area contributed by atoms with E-state index in [-0.39, 0.29) is 29.7 Å². The van der Waals surface area contributed by atoms with Gasteiger partial charge in [0.2, 0.25) is 0 Å². The standard InChI is InChI=1S/C21H19N3O3/c1-14-5-6-18(19(25)11-14)21(27)23-13-15-3-2-4-17(12-15)24-20(26)16-7-9-22-10-8-16/h2-12,25H,13H2,1H3,(H,23,27)(H,24,26). The Labute approximate surface area is 156 Å². The fourth-order valence-electron chi connectivity index (χ4n) is 2.58. The van der Waals surface area contributed by atoms with Crippen LogP contribution >= 0.6 is 0 Å². The summed E-state index contributed by atoms with van der Waals surface area (Å²) in [7, 11) is 0. The molecule has 1 aromatic heterocycles. The van der Waals surface area contributed by atoms with Gasteiger partial charge in [-0.25, -0.2) is 0 Å². The molecule has 2 amide bonds. The highest BCUT2D eigenvalue weighted by molar-refractivity contribution is 6.04. The molecule has 0 spiro atoms. The monoisotopic (exact) mass is 361 g/mol. The van der Waals surface area contributed by atoms with Crippen molar-refractivity contribution in [2.45, 2.75) is 13.5 Å². The average Bonchev–Trinajstić information content (AvgIpc) is 2.67. The third-order valence-electron chi connectivity index (χ3n) is 3.98. The Morgan fingerprint density at radius 2 is 1.78 bits per heavy atom. The maximum absolute atomic E-state index is 12.3. The summed E-state index contributed by atoms with van der Waals surface area (Å²) >= 11 is 0. The number of benzene rings is 2. The summed E-state index contributed by atoms with van der Waals surface area (Å²) in [6.45, 7) is 2.11. The van der Waals surface area contributed by atoms with Crippen molar-refractivity contribution in [2.24, 2.45) is 0 Å². The maximum atomic E-state index is 12.3. The van der Waals surface area contributed by atoms with E-state index >= 15 is 0 Å². The van der Waals surface area contributed by atoms with E-state index < -0.39 is 0 Å². The Morgan fingerprint density at radius 3 is 2.52 bits per heavy atom. The molecule has 6 heteroatoms. The van der Waals surface area contributed by atoms with Gasteiger partial charge in [-0.3, -0.25) is 14.6 Å². The molecule has 0 radical (unpaired) electrons. The van der Waals surface area contributed by atoms with Crippen LogP contribution in [0.25, 0.3) is 0 Å². The number of carbonyl (C=O) groups is 2. The van der Waals surface area contributed by atoms with Gasteiger partial charge in [-0.2, -0.15) is 0 Å². The summed E-state index contributed by atoms with van der Waals surface area (Å²) in [4.78, 5) is 28.3. The van der Waals surface area contributed by atoms with Gasteiger partial charge in [0.25, 0.3) is 11.8 Å². The summed E-state index contributed by atoms with van der Waals surface area (Å²) in [5, 5.41) is 15.5. The minimum Gasteiger partial charge on any atom is -0.507 e. The highest BCUT2D eigenvalue weighted by atomic mass is 16.3. The number of nitrogens with zero attached hydrogens (tertiary/aromatic N) is 1. The molecule has 0 aliphatic rings. The summed E-state index contributed by atoms with van der Waals surface area (Å²) in [5.41, 5.74) is 3.06. The number of aromatic hydroxyl groups is 1. The Hall–Kier alpha value is -3.67. The third kappa shape index (κ3) is 4.70. The molecule has 3 N–H and O–H groups in total. The van der Waals surface area contributed by atoms with Crippen molar-refractivity contribution in [3.05, 3.63) is 89.2 Å². The number of aromatic nitrogens is 1. The molecule has 3 aromatic rings. The number of hydrogen-bond acceptors (Lipinski definition) is 4. The van der Waals surface area contributed by atoms with Gasteiger partial charge in [0.1, 0.15) is 5.75 Å². The van der Waals surface area contributed by atoms with E-state index in [1.807, 2.05) is 13.0 Å². The van der Waals surface area contributed by atoms with E-state index in [0.29, 0.717) is 11.3 Å². The Balaban J connectivity index is 1.64. The number of anilines is 1. The third-order valence-corrected chi connectivity index (χ3v) is 3.98. The van der Waals surface area contributed by atoms with Gasteiger partial charge < -0.3 is 15.7 Å². The van der Waals surface area contributed by atoms with Crippen LogP contribution in [0.1, 0.15) is 31.8 Å². The van der Waals surface area contributed by atoms with Crippen molar-refractivity contribution >= 4 is 17.5 Å². The van der Waals surface area contributed by atoms with Gasteiger partial charge in [-0.1, -0.05) is 18.2 Å². The second-order valence-corrected chi connectivity index (χ2v) is 6.09. The lowest BCUT2D eigenvalue weighted by molar-refractivity contribution is 0.0947. The molecular weight excluding hydrogens is 342 g/mol. The SMILES string of the molecule is Cc1ccc(C(=O)NCc2cccc(NC(=O)c3ccncc3)c2)c(O)c1. The lowest BCUT2D eigenvalue weighted by atomic mass is 10.1. The summed E-state index contributed by atoms with van der Waals surface area (Å²) in [6.07, 6.45) is 3.11. The molecule has 0 saturated carbocycles. The number of aryl methyl sites for hydroxylation is 1. The summed E-state index contributed by atoms with van der Waals surface area (Å²) < 4.78 is 0. The van der Waals surface area contributed by atoms with Crippen molar-refractivity contribution < 1.29 is 14.7 Å². The number of phenolic OH excluding ortho intramolecular Hbond substituents is 1. The van der Waals surface area contributed by atoms with Crippen molar-refractivity contribution in [3.8, 4) is 5.75 Å². The molecule has 0 aliphatic heterocycles. The maximum Gasteiger partial charge on any atom is 0.255 e. The zero-order valence-electron chi connectivity index (χ0n) is 14.8. The van der Waals surface area contributed by atoms with Crippen LogP contribution in [0.4, 0.5) is 5.69 Å². The highest BCUT2D eigenvalue weighted by Gasteiger charge is 2.11. The van der Waals surface area contributed by atoms with E-state index in [1.165, 1.54) is 0 Å². The Kier molecular flexibility index (Phi) is 5.47. The smallest absolute Gasteiger partial charge is 0.255 e. The van der Waals surface area contributed by atoms with Crippen LogP contribution < -0.4 is 10.6 Å². The van der Waals surface area contributed by atoms with Crippen molar-refractivity contribution in [3.63, 3.8) is 0 Å². The lowest BCUT2D eigenvalue weighted by Gasteiger charge is -2.10. The number of rotatable bonds is 5. The second kappa shape index (κ2) is 8.14. The van der Waals surface area contributed by atoms with Crippen LogP contribution in [0.15, 0.2) is 67.0 Å². The van der Waals surface area contributed by atoms with Crippen LogP contribution in [0.5, 0.6) is 5.75 Å². The molecule has 0 aliphatic carbocycles. The van der Waals surface area contributed by atoms with Crippen molar-refractivity contribution in [1.29, 1.82) is 0 Å². The van der Waals surface area contributed by atoms with E-state index in [2.05, 4.69) is 15.6 Å². The molecule has 3 rings (SSSR count). The lowest BCUT2D eigenvalue weighted by Crippen LogP contribution is -2.23. The summed E-state index contributed by atoms with van der Waals surface area (Å²) in [5.74, 6) is -0.646. The van der Waals surface area contributed by atoms with Gasteiger partial charge in [-0.15, -0.1) is 0 Å². The molecular formula is C21H19N3O3. The largest absolute Gasteiger partial charge is 0.507 e. The predicted molar refractivity (Wildman–Crippen MR) is 103 cm³/mol. The van der Waals surface area contributed by atoms with Crippen LogP contribution in [0.2, 0.25) is 0 Å². The molecule has 0 bridgehead atoms.